The van der Waals surface area contributed by atoms with E-state index in [1.807, 2.05) is 0 Å². The monoisotopic (exact) mass is 227 g/mol. The number of nitrogens with zero attached hydrogens (tertiary/aromatic N) is 1. The number of aromatic nitrogens is 1. The minimum absolute atomic E-state index is 0.442. The van der Waals surface area contributed by atoms with E-state index in [0.29, 0.717) is 15.7 Å². The van der Waals surface area contributed by atoms with E-state index in [4.69, 9.17) is 23.2 Å². The largest absolute Gasteiger partial charge is 0.334 e. The molecule has 72 valence electrons. The number of carbonyl (C=O) groups is 1. The van der Waals surface area contributed by atoms with Gasteiger partial charge in [-0.05, 0) is 12.1 Å². The SMILES string of the molecule is Cn1c(Cl)c(C=O)c2ccc(Cl)cc21. The first-order chi connectivity index (χ1) is 6.65. The molecule has 0 aliphatic heterocycles. The van der Waals surface area contributed by atoms with E-state index >= 15 is 0 Å². The molecule has 1 heterocycles. The van der Waals surface area contributed by atoms with Crippen LogP contribution in [-0.2, 0) is 7.05 Å². The first kappa shape index (κ1) is 9.56. The number of rotatable bonds is 1. The summed E-state index contributed by atoms with van der Waals surface area (Å²) in [6.45, 7) is 0. The molecule has 2 aromatic rings. The maximum Gasteiger partial charge on any atom is 0.153 e. The van der Waals surface area contributed by atoms with Gasteiger partial charge >= 0.3 is 0 Å². The Morgan fingerprint density at radius 2 is 2.07 bits per heavy atom. The smallest absolute Gasteiger partial charge is 0.153 e. The van der Waals surface area contributed by atoms with Gasteiger partial charge in [-0.15, -0.1) is 0 Å². The maximum atomic E-state index is 10.8. The number of fused-ring (bicyclic) bond motifs is 1. The fourth-order valence-electron chi connectivity index (χ4n) is 1.52. The van der Waals surface area contributed by atoms with Gasteiger partial charge in [-0.3, -0.25) is 4.79 Å². The molecule has 14 heavy (non-hydrogen) atoms. The van der Waals surface area contributed by atoms with Gasteiger partial charge in [0.05, 0.1) is 11.1 Å². The highest BCUT2D eigenvalue weighted by molar-refractivity contribution is 6.35. The van der Waals surface area contributed by atoms with Crippen molar-refractivity contribution < 1.29 is 4.79 Å². The van der Waals surface area contributed by atoms with Crippen molar-refractivity contribution in [2.45, 2.75) is 0 Å². The molecule has 2 rings (SSSR count). The zero-order valence-corrected chi connectivity index (χ0v) is 8.93. The summed E-state index contributed by atoms with van der Waals surface area (Å²) in [5.74, 6) is 0. The molecule has 0 aliphatic carbocycles. The zero-order chi connectivity index (χ0) is 10.3. The maximum absolute atomic E-state index is 10.8. The highest BCUT2D eigenvalue weighted by atomic mass is 35.5. The lowest BCUT2D eigenvalue weighted by Crippen LogP contribution is -1.86. The fraction of sp³-hybridized carbons (Fsp3) is 0.100. The average molecular weight is 228 g/mol. The van der Waals surface area contributed by atoms with Crippen LogP contribution in [0.25, 0.3) is 10.9 Å². The minimum atomic E-state index is 0.442. The lowest BCUT2D eigenvalue weighted by Gasteiger charge is -1.96. The van der Waals surface area contributed by atoms with Gasteiger partial charge in [0, 0.05) is 17.5 Å². The highest BCUT2D eigenvalue weighted by Crippen LogP contribution is 2.29. The van der Waals surface area contributed by atoms with Crippen LogP contribution in [0.4, 0.5) is 0 Å². The second kappa shape index (κ2) is 3.30. The molecule has 0 unspecified atom stereocenters. The van der Waals surface area contributed by atoms with Crippen molar-refractivity contribution in [3.8, 4) is 0 Å². The first-order valence-corrected chi connectivity index (χ1v) is 4.79. The molecular formula is C10H7Cl2NO. The van der Waals surface area contributed by atoms with Gasteiger partial charge in [0.1, 0.15) is 5.15 Å². The van der Waals surface area contributed by atoms with E-state index in [9.17, 15) is 4.79 Å². The van der Waals surface area contributed by atoms with Crippen molar-refractivity contribution in [3.63, 3.8) is 0 Å². The minimum Gasteiger partial charge on any atom is -0.334 e. The molecule has 0 atom stereocenters. The van der Waals surface area contributed by atoms with Crippen LogP contribution in [0.15, 0.2) is 18.2 Å². The third-order valence-corrected chi connectivity index (χ3v) is 2.94. The van der Waals surface area contributed by atoms with Crippen LogP contribution in [0.2, 0.25) is 10.2 Å². The molecular weight excluding hydrogens is 221 g/mol. The number of benzene rings is 1. The van der Waals surface area contributed by atoms with Crippen LogP contribution in [-0.4, -0.2) is 10.9 Å². The molecule has 0 bridgehead atoms. The van der Waals surface area contributed by atoms with Gasteiger partial charge in [-0.1, -0.05) is 29.3 Å². The Hall–Kier alpha value is -0.990. The Balaban J connectivity index is 2.95. The Morgan fingerprint density at radius 1 is 1.36 bits per heavy atom. The summed E-state index contributed by atoms with van der Waals surface area (Å²) in [5.41, 5.74) is 1.38. The normalized spacial score (nSPS) is 10.8. The van der Waals surface area contributed by atoms with E-state index in [-0.39, 0.29) is 0 Å². The average Bonchev–Trinajstić information content (AvgIpc) is 2.41. The van der Waals surface area contributed by atoms with Crippen LogP contribution >= 0.6 is 23.2 Å². The molecule has 1 aromatic heterocycles. The molecule has 0 aliphatic rings. The quantitative estimate of drug-likeness (QED) is 0.686. The van der Waals surface area contributed by atoms with Gasteiger partial charge in [0.15, 0.2) is 6.29 Å². The van der Waals surface area contributed by atoms with Crippen molar-refractivity contribution in [2.24, 2.45) is 7.05 Å². The van der Waals surface area contributed by atoms with Gasteiger partial charge in [-0.25, -0.2) is 0 Å². The molecule has 1 aromatic carbocycles. The summed E-state index contributed by atoms with van der Waals surface area (Å²) >= 11 is 11.8. The third-order valence-electron chi connectivity index (χ3n) is 2.25. The molecule has 0 saturated heterocycles. The molecule has 4 heteroatoms. The second-order valence-corrected chi connectivity index (χ2v) is 3.84. The molecule has 2 nitrogen and oxygen atoms in total. The predicted molar refractivity (Wildman–Crippen MR) is 58.3 cm³/mol. The van der Waals surface area contributed by atoms with Gasteiger partial charge < -0.3 is 4.57 Å². The lowest BCUT2D eigenvalue weighted by atomic mass is 10.2. The van der Waals surface area contributed by atoms with Crippen LogP contribution in [0.3, 0.4) is 0 Å². The summed E-state index contributed by atoms with van der Waals surface area (Å²) in [6.07, 6.45) is 0.762. The summed E-state index contributed by atoms with van der Waals surface area (Å²) in [6, 6.07) is 5.33. The third kappa shape index (κ3) is 1.22. The van der Waals surface area contributed by atoms with E-state index in [2.05, 4.69) is 0 Å². The number of aldehydes is 1. The highest BCUT2D eigenvalue weighted by Gasteiger charge is 2.12. The zero-order valence-electron chi connectivity index (χ0n) is 7.42. The van der Waals surface area contributed by atoms with Crippen LogP contribution in [0.1, 0.15) is 10.4 Å². The summed E-state index contributed by atoms with van der Waals surface area (Å²) in [7, 11) is 1.80. The van der Waals surface area contributed by atoms with Crippen LogP contribution < -0.4 is 0 Å². The number of carbonyl (C=O) groups excluding carboxylic acids is 1. The van der Waals surface area contributed by atoms with Crippen LogP contribution in [0.5, 0.6) is 0 Å². The summed E-state index contributed by atoms with van der Waals surface area (Å²) in [4.78, 5) is 10.8. The van der Waals surface area contributed by atoms with Crippen molar-refractivity contribution in [1.29, 1.82) is 0 Å². The molecule has 0 amide bonds. The summed E-state index contributed by atoms with van der Waals surface area (Å²) < 4.78 is 1.74. The topological polar surface area (TPSA) is 22.0 Å². The first-order valence-electron chi connectivity index (χ1n) is 4.03. The van der Waals surface area contributed by atoms with E-state index in [1.165, 1.54) is 0 Å². The molecule has 0 radical (unpaired) electrons. The van der Waals surface area contributed by atoms with E-state index < -0.39 is 0 Å². The van der Waals surface area contributed by atoms with Gasteiger partial charge in [0.25, 0.3) is 0 Å². The number of halogens is 2. The van der Waals surface area contributed by atoms with Crippen molar-refractivity contribution in [3.05, 3.63) is 33.9 Å². The molecule has 0 fully saturated rings. The Bertz CT molecular complexity index is 516. The number of aryl methyl sites for hydroxylation is 1. The lowest BCUT2D eigenvalue weighted by molar-refractivity contribution is 0.112. The Labute approximate surface area is 91.0 Å². The second-order valence-electron chi connectivity index (χ2n) is 3.04. The standard InChI is InChI=1S/C10H7Cl2NO/c1-13-9-4-6(11)2-3-7(9)8(5-14)10(13)12/h2-5H,1H3. The van der Waals surface area contributed by atoms with Crippen LogP contribution in [0, 0.1) is 0 Å². The Kier molecular flexibility index (Phi) is 2.25. The molecule has 0 spiro atoms. The Morgan fingerprint density at radius 3 is 2.71 bits per heavy atom. The van der Waals surface area contributed by atoms with Crippen molar-refractivity contribution >= 4 is 40.4 Å². The van der Waals surface area contributed by atoms with Crippen molar-refractivity contribution in [2.75, 3.05) is 0 Å². The summed E-state index contributed by atoms with van der Waals surface area (Å²) in [5, 5.41) is 1.90. The van der Waals surface area contributed by atoms with E-state index in [0.717, 1.165) is 17.2 Å². The predicted octanol–water partition coefficient (Wildman–Crippen LogP) is 3.30. The van der Waals surface area contributed by atoms with Gasteiger partial charge in [-0.2, -0.15) is 0 Å². The fourth-order valence-corrected chi connectivity index (χ4v) is 1.92. The molecule has 0 N–H and O–H groups in total. The number of hydrogen-bond donors (Lipinski definition) is 0. The van der Waals surface area contributed by atoms with Crippen molar-refractivity contribution in [1.82, 2.24) is 4.57 Å². The number of hydrogen-bond acceptors (Lipinski definition) is 1. The van der Waals surface area contributed by atoms with E-state index in [1.54, 1.807) is 29.8 Å². The molecule has 0 saturated carbocycles. The van der Waals surface area contributed by atoms with Gasteiger partial charge in [0.2, 0.25) is 0 Å².